The molecule has 0 amide bonds. The van der Waals surface area contributed by atoms with Crippen LogP contribution in [-0.2, 0) is 0 Å². The minimum Gasteiger partial charge on any atom is -0.369 e. The molecule has 23 nitrogen and oxygen atoms in total. The second kappa shape index (κ2) is 12.3. The molecule has 0 spiro atoms. The normalized spacial score (nSPS) is 10.1. The van der Waals surface area contributed by atoms with Gasteiger partial charge in [-0.2, -0.15) is 0 Å². The third-order valence-corrected chi connectivity index (χ3v) is 3.84. The van der Waals surface area contributed by atoms with Gasteiger partial charge in [0.25, 0.3) is 5.70 Å². The molecule has 0 aliphatic carbocycles. The van der Waals surface area contributed by atoms with Gasteiger partial charge in [0, 0.05) is 6.08 Å². The van der Waals surface area contributed by atoms with Gasteiger partial charge < -0.3 is 21.5 Å². The molecule has 37 heavy (non-hydrogen) atoms. The molecular weight excluding hydrogens is 520 g/mol. The maximum atomic E-state index is 11.7. The molecule has 0 aliphatic rings. The van der Waals surface area contributed by atoms with E-state index in [2.05, 4.69) is 0 Å². The SMILES string of the molecule is O=[N+]([O-])C(=Cc1ccccc1)c1c([N+](=O)[O-])c([N+](=O)[O-])c([N+](=O)[O-])c([N+](=O)[O-])c1[N+](=O)[O-].O=[N+]([O-])[O-].[NH4+]. The minimum atomic E-state index is -2.16. The van der Waals surface area contributed by atoms with E-state index in [0.717, 1.165) is 0 Å². The molecule has 0 bridgehead atoms. The van der Waals surface area contributed by atoms with Gasteiger partial charge >= 0.3 is 28.4 Å². The number of quaternary nitrogens is 1. The van der Waals surface area contributed by atoms with Gasteiger partial charge in [0.1, 0.15) is 0 Å². The molecule has 0 saturated carbocycles. The molecule has 0 radical (unpaired) electrons. The van der Waals surface area contributed by atoms with Crippen LogP contribution < -0.4 is 6.15 Å². The molecule has 4 N–H and O–H groups in total. The number of hydrogen-bond acceptors (Lipinski definition) is 15. The van der Waals surface area contributed by atoms with Crippen LogP contribution >= 0.6 is 0 Å². The number of rotatable bonds is 8. The van der Waals surface area contributed by atoms with E-state index in [-0.39, 0.29) is 11.7 Å². The average Bonchev–Trinajstić information content (AvgIpc) is 2.75. The Morgan fingerprint density at radius 1 is 0.541 bits per heavy atom. The van der Waals surface area contributed by atoms with Gasteiger partial charge in [-0.15, -0.1) is 0 Å². The summed E-state index contributed by atoms with van der Waals surface area (Å²) in [6, 6.07) is 6.61. The highest BCUT2D eigenvalue weighted by Crippen LogP contribution is 2.53. The van der Waals surface area contributed by atoms with Gasteiger partial charge in [0.05, 0.1) is 34.6 Å². The molecule has 0 unspecified atom stereocenters. The topological polar surface area (TPSA) is 362 Å². The van der Waals surface area contributed by atoms with Crippen LogP contribution in [0.15, 0.2) is 30.3 Å². The van der Waals surface area contributed by atoms with Crippen molar-refractivity contribution in [3.63, 3.8) is 0 Å². The van der Waals surface area contributed by atoms with Gasteiger partial charge in [-0.05, 0) is 5.56 Å². The lowest BCUT2D eigenvalue weighted by Gasteiger charge is -2.05. The second-order valence-corrected chi connectivity index (χ2v) is 5.82. The van der Waals surface area contributed by atoms with Gasteiger partial charge in [0.2, 0.25) is 5.56 Å². The molecule has 0 heterocycles. The van der Waals surface area contributed by atoms with Crippen molar-refractivity contribution in [2.75, 3.05) is 0 Å². The highest BCUT2D eigenvalue weighted by molar-refractivity contribution is 5.96. The second-order valence-electron chi connectivity index (χ2n) is 5.82. The predicted molar refractivity (Wildman–Crippen MR) is 117 cm³/mol. The zero-order valence-corrected chi connectivity index (χ0v) is 17.7. The highest BCUT2D eigenvalue weighted by atomic mass is 16.9. The van der Waals surface area contributed by atoms with Crippen LogP contribution in [0.5, 0.6) is 0 Å². The lowest BCUT2D eigenvalue weighted by atomic mass is 10.00. The van der Waals surface area contributed by atoms with Gasteiger partial charge in [-0.3, -0.25) is 60.7 Å². The predicted octanol–water partition coefficient (Wildman–Crippen LogP) is 3.14. The molecule has 2 aromatic rings. The van der Waals surface area contributed by atoms with Crippen LogP contribution in [0.2, 0.25) is 0 Å². The van der Waals surface area contributed by atoms with E-state index in [1.165, 1.54) is 30.3 Å². The Morgan fingerprint density at radius 3 is 1.11 bits per heavy atom. The number of nitro groups is 6. The third kappa shape index (κ3) is 6.86. The molecular formula is C14H10N8O15. The van der Waals surface area contributed by atoms with Crippen LogP contribution in [0.1, 0.15) is 11.1 Å². The summed E-state index contributed by atoms with van der Waals surface area (Å²) in [6.07, 6.45) is 0.536. The molecule has 2 aromatic carbocycles. The Balaban J connectivity index is 0.00000241. The van der Waals surface area contributed by atoms with Crippen molar-refractivity contribution in [2.45, 2.75) is 0 Å². The van der Waals surface area contributed by atoms with E-state index in [1.54, 1.807) is 0 Å². The van der Waals surface area contributed by atoms with Crippen molar-refractivity contribution in [3.8, 4) is 0 Å². The number of benzene rings is 2. The lowest BCUT2D eigenvalue weighted by Crippen LogP contribution is -2.13. The quantitative estimate of drug-likeness (QED) is 0.291. The molecule has 0 aliphatic heterocycles. The Morgan fingerprint density at radius 2 is 0.838 bits per heavy atom. The summed E-state index contributed by atoms with van der Waals surface area (Å²) >= 11 is 0. The summed E-state index contributed by atoms with van der Waals surface area (Å²) in [4.78, 5) is 67.2. The Hall–Kier alpha value is -6.26. The zero-order chi connectivity index (χ0) is 27.9. The molecule has 2 rings (SSSR count). The van der Waals surface area contributed by atoms with Crippen molar-refractivity contribution >= 4 is 40.2 Å². The van der Waals surface area contributed by atoms with E-state index in [9.17, 15) is 60.7 Å². The number of hydrogen-bond donors (Lipinski definition) is 1. The van der Waals surface area contributed by atoms with Crippen LogP contribution in [0.25, 0.3) is 11.8 Å². The van der Waals surface area contributed by atoms with E-state index < -0.39 is 74.3 Å². The molecule has 196 valence electrons. The summed E-state index contributed by atoms with van der Waals surface area (Å²) in [5.41, 5.74) is -13.7. The maximum absolute atomic E-state index is 11.7. The Kier molecular flexibility index (Phi) is 10.2. The standard InChI is InChI=1S/C14H6N6O12.NO3.H3N/c21-15(22)8(6-7-4-2-1-3-5-7)9-10(16(23)24)12(18(27)28)14(20(31)32)13(19(29)30)11(9)17(25)26;2-1(3)4;/h1-6H;;1H3/q;-1;/p+1. The summed E-state index contributed by atoms with van der Waals surface area (Å²) < 4.78 is 0. The fraction of sp³-hybridized carbons (Fsp3) is 0. The van der Waals surface area contributed by atoms with E-state index in [0.29, 0.717) is 6.08 Å². The smallest absolute Gasteiger partial charge is 0.369 e. The fourth-order valence-electron chi connectivity index (χ4n) is 2.73. The first-order valence-electron chi connectivity index (χ1n) is 8.32. The van der Waals surface area contributed by atoms with Crippen molar-refractivity contribution in [3.05, 3.63) is 117 Å². The Bertz CT molecular complexity index is 1280. The summed E-state index contributed by atoms with van der Waals surface area (Å²) in [5, 5.41) is 83.8. The van der Waals surface area contributed by atoms with E-state index in [4.69, 9.17) is 15.3 Å². The first kappa shape index (κ1) is 30.7. The van der Waals surface area contributed by atoms with Crippen molar-refractivity contribution < 1.29 is 34.6 Å². The maximum Gasteiger partial charge on any atom is 0.437 e. The monoisotopic (exact) mass is 530 g/mol. The molecule has 23 heteroatoms. The van der Waals surface area contributed by atoms with E-state index in [1.807, 2.05) is 0 Å². The minimum absolute atomic E-state index is 0. The van der Waals surface area contributed by atoms with Gasteiger partial charge in [0.15, 0.2) is 0 Å². The molecule has 0 fully saturated rings. The van der Waals surface area contributed by atoms with Crippen LogP contribution in [0.3, 0.4) is 0 Å². The lowest BCUT2D eigenvalue weighted by molar-refractivity contribution is -0.461. The van der Waals surface area contributed by atoms with Crippen LogP contribution in [-0.4, -0.2) is 34.6 Å². The zero-order valence-electron chi connectivity index (χ0n) is 17.7. The van der Waals surface area contributed by atoms with Gasteiger partial charge in [-0.1, -0.05) is 30.3 Å². The summed E-state index contributed by atoms with van der Waals surface area (Å²) in [7, 11) is 0. The molecule has 0 saturated heterocycles. The van der Waals surface area contributed by atoms with E-state index >= 15 is 0 Å². The first-order chi connectivity index (χ1) is 16.6. The Labute approximate surface area is 199 Å². The van der Waals surface area contributed by atoms with Gasteiger partial charge in [-0.25, -0.2) is 0 Å². The number of nitrogens with zero attached hydrogens (tertiary/aromatic N) is 7. The van der Waals surface area contributed by atoms with Crippen molar-refractivity contribution in [1.29, 1.82) is 0 Å². The first-order valence-corrected chi connectivity index (χ1v) is 8.32. The molecule has 0 atom stereocenters. The van der Waals surface area contributed by atoms with Crippen molar-refractivity contribution in [2.24, 2.45) is 0 Å². The average molecular weight is 530 g/mol. The number of nitro benzene ring substituents is 5. The summed E-state index contributed by atoms with van der Waals surface area (Å²) in [5.74, 6) is 0. The highest BCUT2D eigenvalue weighted by Gasteiger charge is 2.57. The fourth-order valence-corrected chi connectivity index (χ4v) is 2.73. The van der Waals surface area contributed by atoms with Crippen LogP contribution in [0.4, 0.5) is 28.4 Å². The van der Waals surface area contributed by atoms with Crippen molar-refractivity contribution in [1.82, 2.24) is 6.15 Å². The molecule has 0 aromatic heterocycles. The largest absolute Gasteiger partial charge is 0.437 e. The van der Waals surface area contributed by atoms with Crippen LogP contribution in [0, 0.1) is 76.0 Å². The third-order valence-electron chi connectivity index (χ3n) is 3.84. The summed E-state index contributed by atoms with van der Waals surface area (Å²) in [6.45, 7) is 0.